The Balaban J connectivity index is 1.07. The molecular formula is C56H34O. The van der Waals surface area contributed by atoms with Gasteiger partial charge in [0.1, 0.15) is 11.2 Å². The Labute approximate surface area is 329 Å². The lowest BCUT2D eigenvalue weighted by Crippen LogP contribution is -1.92. The Morgan fingerprint density at radius 2 is 0.754 bits per heavy atom. The van der Waals surface area contributed by atoms with Crippen LogP contribution in [-0.2, 0) is 0 Å². The molecule has 11 aromatic carbocycles. The molecule has 0 bridgehead atoms. The Bertz CT molecular complexity index is 3530. The summed E-state index contributed by atoms with van der Waals surface area (Å²) in [6.45, 7) is 0. The molecule has 0 saturated carbocycles. The van der Waals surface area contributed by atoms with Gasteiger partial charge in [-0.3, -0.25) is 0 Å². The molecule has 12 rings (SSSR count). The van der Waals surface area contributed by atoms with E-state index in [0.717, 1.165) is 21.9 Å². The minimum absolute atomic E-state index is 0.917. The lowest BCUT2D eigenvalue weighted by Gasteiger charge is -2.19. The Kier molecular flexibility index (Phi) is 7.00. The quantitative estimate of drug-likeness (QED) is 0.165. The van der Waals surface area contributed by atoms with Gasteiger partial charge < -0.3 is 4.42 Å². The van der Waals surface area contributed by atoms with Gasteiger partial charge in [-0.1, -0.05) is 176 Å². The Morgan fingerprint density at radius 1 is 0.263 bits per heavy atom. The van der Waals surface area contributed by atoms with E-state index in [0.29, 0.717) is 0 Å². The second kappa shape index (κ2) is 12.5. The van der Waals surface area contributed by atoms with Crippen molar-refractivity contribution in [1.29, 1.82) is 0 Å². The van der Waals surface area contributed by atoms with Gasteiger partial charge in [-0.05, 0) is 123 Å². The third-order valence-corrected chi connectivity index (χ3v) is 12.0. The monoisotopic (exact) mass is 722 g/mol. The Morgan fingerprint density at radius 3 is 1.44 bits per heavy atom. The van der Waals surface area contributed by atoms with Gasteiger partial charge in [0, 0.05) is 16.2 Å². The zero-order chi connectivity index (χ0) is 37.5. The van der Waals surface area contributed by atoms with Crippen LogP contribution in [0.2, 0.25) is 0 Å². The zero-order valence-electron chi connectivity index (χ0n) is 31.0. The summed E-state index contributed by atoms with van der Waals surface area (Å²) < 4.78 is 6.65. The van der Waals surface area contributed by atoms with Gasteiger partial charge in [0.05, 0.1) is 0 Å². The SMILES string of the molecule is c1cc(-c2ccc3ccccc3c2)cc(-c2c3ccccc3c(-c3cccc(-c4cc5c(oc6ccc7ccccc7c65)c5ccccc45)c3)c3ccccc23)c1. The summed E-state index contributed by atoms with van der Waals surface area (Å²) in [7, 11) is 0. The van der Waals surface area contributed by atoms with E-state index in [1.165, 1.54) is 98.4 Å². The molecular weight excluding hydrogens is 689 g/mol. The van der Waals surface area contributed by atoms with E-state index < -0.39 is 0 Å². The zero-order valence-corrected chi connectivity index (χ0v) is 31.0. The van der Waals surface area contributed by atoms with Crippen LogP contribution in [0, 0.1) is 0 Å². The van der Waals surface area contributed by atoms with E-state index in [9.17, 15) is 0 Å². The lowest BCUT2D eigenvalue weighted by atomic mass is 9.84. The summed E-state index contributed by atoms with van der Waals surface area (Å²) in [6, 6.07) is 75.4. The maximum Gasteiger partial charge on any atom is 0.143 e. The van der Waals surface area contributed by atoms with Crippen LogP contribution in [0.15, 0.2) is 211 Å². The summed E-state index contributed by atoms with van der Waals surface area (Å²) in [5, 5.41) is 14.5. The Hall–Kier alpha value is -7.48. The third-order valence-electron chi connectivity index (χ3n) is 12.0. The highest BCUT2D eigenvalue weighted by atomic mass is 16.3. The molecule has 1 aromatic heterocycles. The van der Waals surface area contributed by atoms with Crippen LogP contribution in [0.3, 0.4) is 0 Å². The van der Waals surface area contributed by atoms with Gasteiger partial charge in [-0.15, -0.1) is 0 Å². The van der Waals surface area contributed by atoms with Crippen LogP contribution in [-0.4, -0.2) is 0 Å². The first-order valence-corrected chi connectivity index (χ1v) is 19.7. The van der Waals surface area contributed by atoms with Crippen molar-refractivity contribution in [1.82, 2.24) is 0 Å². The van der Waals surface area contributed by atoms with E-state index in [4.69, 9.17) is 4.42 Å². The molecule has 0 aliphatic rings. The van der Waals surface area contributed by atoms with Crippen molar-refractivity contribution >= 4 is 75.8 Å². The predicted molar refractivity (Wildman–Crippen MR) is 243 cm³/mol. The number of fused-ring (bicyclic) bond motifs is 10. The largest absolute Gasteiger partial charge is 0.455 e. The molecule has 1 heteroatoms. The first-order valence-electron chi connectivity index (χ1n) is 19.7. The van der Waals surface area contributed by atoms with Gasteiger partial charge >= 0.3 is 0 Å². The van der Waals surface area contributed by atoms with Crippen LogP contribution in [0.4, 0.5) is 0 Å². The summed E-state index contributed by atoms with van der Waals surface area (Å²) in [5.74, 6) is 0. The number of benzene rings is 11. The summed E-state index contributed by atoms with van der Waals surface area (Å²) in [6.07, 6.45) is 0. The smallest absolute Gasteiger partial charge is 0.143 e. The van der Waals surface area contributed by atoms with Crippen LogP contribution >= 0.6 is 0 Å². The van der Waals surface area contributed by atoms with Crippen LogP contribution in [0.1, 0.15) is 0 Å². The predicted octanol–water partition coefficient (Wildman–Crippen LogP) is 16.0. The highest BCUT2D eigenvalue weighted by Gasteiger charge is 2.20. The van der Waals surface area contributed by atoms with Crippen LogP contribution in [0.5, 0.6) is 0 Å². The van der Waals surface area contributed by atoms with E-state index in [2.05, 4.69) is 206 Å². The molecule has 0 spiro atoms. The lowest BCUT2D eigenvalue weighted by molar-refractivity contribution is 0.673. The second-order valence-electron chi connectivity index (χ2n) is 15.2. The number of rotatable bonds is 4. The average Bonchev–Trinajstić information content (AvgIpc) is 3.67. The molecule has 1 heterocycles. The molecule has 0 aliphatic heterocycles. The van der Waals surface area contributed by atoms with Crippen molar-refractivity contribution in [3.8, 4) is 44.5 Å². The molecule has 0 saturated heterocycles. The molecule has 1 nitrogen and oxygen atoms in total. The summed E-state index contributed by atoms with van der Waals surface area (Å²) >= 11 is 0. The van der Waals surface area contributed by atoms with E-state index >= 15 is 0 Å². The first-order chi connectivity index (χ1) is 28.3. The highest BCUT2D eigenvalue weighted by molar-refractivity contribution is 6.26. The van der Waals surface area contributed by atoms with Crippen molar-refractivity contribution in [2.24, 2.45) is 0 Å². The molecule has 57 heavy (non-hydrogen) atoms. The van der Waals surface area contributed by atoms with E-state index in [-0.39, 0.29) is 0 Å². The number of hydrogen-bond acceptors (Lipinski definition) is 1. The minimum Gasteiger partial charge on any atom is -0.455 e. The van der Waals surface area contributed by atoms with E-state index in [1.54, 1.807) is 0 Å². The van der Waals surface area contributed by atoms with E-state index in [1.807, 2.05) is 0 Å². The molecule has 0 amide bonds. The summed E-state index contributed by atoms with van der Waals surface area (Å²) in [5.41, 5.74) is 11.6. The van der Waals surface area contributed by atoms with Crippen LogP contribution in [0.25, 0.3) is 120 Å². The van der Waals surface area contributed by atoms with Gasteiger partial charge in [0.15, 0.2) is 0 Å². The fraction of sp³-hybridized carbons (Fsp3) is 0. The second-order valence-corrected chi connectivity index (χ2v) is 15.2. The molecule has 0 radical (unpaired) electrons. The molecule has 0 fully saturated rings. The topological polar surface area (TPSA) is 13.1 Å². The maximum atomic E-state index is 6.65. The molecule has 0 unspecified atom stereocenters. The number of hydrogen-bond donors (Lipinski definition) is 0. The molecule has 0 atom stereocenters. The fourth-order valence-electron chi connectivity index (χ4n) is 9.42. The standard InChI is InChI=1S/C56H34O/c1-2-15-37-31-39(28-27-35(37)13-1)38-16-11-18-41(32-38)53-45-22-6-8-24-47(45)54(48-25-9-7-23-46(48)53)42-19-12-17-40(33-42)50-34-51-55-43-20-4-3-14-36(43)29-30-52(55)57-56(51)49-26-10-5-21-44(49)50/h1-34H. The normalized spacial score (nSPS) is 11.9. The molecule has 0 aliphatic carbocycles. The molecule has 264 valence electrons. The summed E-state index contributed by atoms with van der Waals surface area (Å²) in [4.78, 5) is 0. The first kappa shape index (κ1) is 31.8. The van der Waals surface area contributed by atoms with Crippen molar-refractivity contribution in [2.75, 3.05) is 0 Å². The van der Waals surface area contributed by atoms with Gasteiger partial charge in [-0.2, -0.15) is 0 Å². The maximum absolute atomic E-state index is 6.65. The molecule has 12 aromatic rings. The van der Waals surface area contributed by atoms with Crippen LogP contribution < -0.4 is 0 Å². The fourth-order valence-corrected chi connectivity index (χ4v) is 9.42. The van der Waals surface area contributed by atoms with Gasteiger partial charge in [-0.25, -0.2) is 0 Å². The highest BCUT2D eigenvalue weighted by Crippen LogP contribution is 2.46. The minimum atomic E-state index is 0.917. The molecule has 0 N–H and O–H groups in total. The van der Waals surface area contributed by atoms with Crippen molar-refractivity contribution < 1.29 is 4.42 Å². The number of furan rings is 1. The average molecular weight is 723 g/mol. The van der Waals surface area contributed by atoms with Crippen molar-refractivity contribution in [3.05, 3.63) is 206 Å². The van der Waals surface area contributed by atoms with Crippen molar-refractivity contribution in [3.63, 3.8) is 0 Å². The van der Waals surface area contributed by atoms with Gasteiger partial charge in [0.2, 0.25) is 0 Å². The third kappa shape index (κ3) is 4.96. The van der Waals surface area contributed by atoms with Gasteiger partial charge in [0.25, 0.3) is 0 Å². The van der Waals surface area contributed by atoms with Crippen molar-refractivity contribution in [2.45, 2.75) is 0 Å².